The van der Waals surface area contributed by atoms with Crippen LogP contribution in [0.25, 0.3) is 0 Å². The maximum Gasteiger partial charge on any atom is 0.416 e. The van der Waals surface area contributed by atoms with E-state index in [1.165, 1.54) is 12.3 Å². The molecule has 0 amide bonds. The van der Waals surface area contributed by atoms with Crippen molar-refractivity contribution in [2.24, 2.45) is 0 Å². The normalized spacial score (nSPS) is 12.9. The molecular formula is C13H7F6NO3S. The van der Waals surface area contributed by atoms with Crippen molar-refractivity contribution in [1.29, 1.82) is 0 Å². The summed E-state index contributed by atoms with van der Waals surface area (Å²) in [6.45, 7) is 0. The van der Waals surface area contributed by atoms with E-state index in [1.807, 2.05) is 0 Å². The van der Waals surface area contributed by atoms with Gasteiger partial charge in [0, 0.05) is 6.20 Å². The Kier molecular flexibility index (Phi) is 4.48. The summed E-state index contributed by atoms with van der Waals surface area (Å²) < 4.78 is 105. The Balaban J connectivity index is 2.56. The van der Waals surface area contributed by atoms with Crippen molar-refractivity contribution in [3.63, 3.8) is 0 Å². The zero-order valence-corrected chi connectivity index (χ0v) is 12.2. The van der Waals surface area contributed by atoms with Gasteiger partial charge in [-0.25, -0.2) is 0 Å². The SMILES string of the molecule is O=S(=O)(Oc1cccnc1)c1cc(C(F)(F)F)cc(C(F)(F)F)c1. The van der Waals surface area contributed by atoms with Gasteiger partial charge in [-0.15, -0.1) is 0 Å². The summed E-state index contributed by atoms with van der Waals surface area (Å²) in [7, 11) is -4.92. The van der Waals surface area contributed by atoms with Crippen molar-refractivity contribution < 1.29 is 38.9 Å². The highest BCUT2D eigenvalue weighted by molar-refractivity contribution is 7.87. The van der Waals surface area contributed by atoms with E-state index in [9.17, 15) is 34.8 Å². The van der Waals surface area contributed by atoms with E-state index < -0.39 is 38.5 Å². The highest BCUT2D eigenvalue weighted by Crippen LogP contribution is 2.37. The van der Waals surface area contributed by atoms with Crippen LogP contribution in [-0.2, 0) is 22.5 Å². The average Bonchev–Trinajstić information content (AvgIpc) is 2.45. The summed E-state index contributed by atoms with van der Waals surface area (Å²) in [6, 6.07) is 2.37. The summed E-state index contributed by atoms with van der Waals surface area (Å²) in [5.41, 5.74) is -3.52. The monoisotopic (exact) mass is 371 g/mol. The maximum absolute atomic E-state index is 12.7. The third-order valence-electron chi connectivity index (χ3n) is 2.69. The van der Waals surface area contributed by atoms with Crippen molar-refractivity contribution in [1.82, 2.24) is 4.98 Å². The molecule has 0 spiro atoms. The molecule has 0 fully saturated rings. The smallest absolute Gasteiger partial charge is 0.377 e. The van der Waals surface area contributed by atoms with Gasteiger partial charge in [0.1, 0.15) is 4.90 Å². The van der Waals surface area contributed by atoms with Crippen molar-refractivity contribution in [3.8, 4) is 5.75 Å². The molecule has 0 unspecified atom stereocenters. The molecule has 0 atom stereocenters. The summed E-state index contributed by atoms with van der Waals surface area (Å²) in [5.74, 6) is -0.358. The molecule has 1 aromatic carbocycles. The number of benzene rings is 1. The predicted octanol–water partition coefficient (Wildman–Crippen LogP) is 3.89. The molecule has 0 N–H and O–H groups in total. The Hall–Kier alpha value is -2.30. The first-order valence-electron chi connectivity index (χ1n) is 6.03. The highest BCUT2D eigenvalue weighted by atomic mass is 32.2. The lowest BCUT2D eigenvalue weighted by Gasteiger charge is -2.14. The summed E-state index contributed by atoms with van der Waals surface area (Å²) in [5, 5.41) is 0. The quantitative estimate of drug-likeness (QED) is 0.607. The molecule has 1 aromatic heterocycles. The van der Waals surface area contributed by atoms with Crippen LogP contribution in [0.2, 0.25) is 0 Å². The topological polar surface area (TPSA) is 56.3 Å². The molecule has 4 nitrogen and oxygen atoms in total. The lowest BCUT2D eigenvalue weighted by molar-refractivity contribution is -0.143. The van der Waals surface area contributed by atoms with Gasteiger partial charge in [0.15, 0.2) is 5.75 Å². The van der Waals surface area contributed by atoms with Crippen molar-refractivity contribution in [2.75, 3.05) is 0 Å². The standard InChI is InChI=1S/C13H7F6NO3S/c14-12(15,16)8-4-9(13(17,18)19)6-11(5-8)24(21,22)23-10-2-1-3-20-7-10/h1-7H. The minimum absolute atomic E-state index is 0.0704. The molecule has 0 saturated carbocycles. The van der Waals surface area contributed by atoms with E-state index in [-0.39, 0.29) is 23.9 Å². The molecule has 0 saturated heterocycles. The van der Waals surface area contributed by atoms with Crippen LogP contribution in [0.1, 0.15) is 11.1 Å². The van der Waals surface area contributed by atoms with Crippen molar-refractivity contribution >= 4 is 10.1 Å². The van der Waals surface area contributed by atoms with E-state index in [0.29, 0.717) is 0 Å². The van der Waals surface area contributed by atoms with Gasteiger partial charge in [0.05, 0.1) is 17.3 Å². The van der Waals surface area contributed by atoms with Crippen LogP contribution in [-0.4, -0.2) is 13.4 Å². The Bertz CT molecular complexity index is 799. The minimum atomic E-state index is -5.17. The molecule has 0 aliphatic rings. The Labute approximate surface area is 131 Å². The van der Waals surface area contributed by atoms with Crippen LogP contribution in [0.4, 0.5) is 26.3 Å². The number of halogens is 6. The molecule has 0 aliphatic heterocycles. The van der Waals surface area contributed by atoms with Gasteiger partial charge in [-0.2, -0.15) is 34.8 Å². The van der Waals surface area contributed by atoms with E-state index in [0.717, 1.165) is 12.3 Å². The summed E-state index contributed by atoms with van der Waals surface area (Å²) in [6.07, 6.45) is -8.12. The van der Waals surface area contributed by atoms with Gasteiger partial charge >= 0.3 is 22.5 Å². The number of aromatic nitrogens is 1. The molecular weight excluding hydrogens is 364 g/mol. The molecule has 0 bridgehead atoms. The highest BCUT2D eigenvalue weighted by Gasteiger charge is 2.38. The fourth-order valence-corrected chi connectivity index (χ4v) is 2.63. The van der Waals surface area contributed by atoms with Crippen LogP contribution >= 0.6 is 0 Å². The number of alkyl halides is 6. The van der Waals surface area contributed by atoms with Gasteiger partial charge in [-0.1, -0.05) is 0 Å². The number of hydrogen-bond donors (Lipinski definition) is 0. The number of rotatable bonds is 3. The van der Waals surface area contributed by atoms with Crippen LogP contribution in [0.15, 0.2) is 47.6 Å². The van der Waals surface area contributed by atoms with Gasteiger partial charge in [0.25, 0.3) is 0 Å². The van der Waals surface area contributed by atoms with Crippen LogP contribution < -0.4 is 4.18 Å². The van der Waals surface area contributed by atoms with E-state index in [1.54, 1.807) is 0 Å². The minimum Gasteiger partial charge on any atom is -0.377 e. The first kappa shape index (κ1) is 18.0. The first-order valence-corrected chi connectivity index (χ1v) is 7.44. The van der Waals surface area contributed by atoms with E-state index in [4.69, 9.17) is 0 Å². The number of nitrogens with zero attached hydrogens (tertiary/aromatic N) is 1. The zero-order valence-electron chi connectivity index (χ0n) is 11.4. The van der Waals surface area contributed by atoms with Gasteiger partial charge < -0.3 is 4.18 Å². The molecule has 2 rings (SSSR count). The third-order valence-corrected chi connectivity index (χ3v) is 3.92. The molecule has 11 heteroatoms. The lowest BCUT2D eigenvalue weighted by Crippen LogP contribution is -2.16. The Morgan fingerprint density at radius 2 is 1.46 bits per heavy atom. The van der Waals surface area contributed by atoms with Crippen LogP contribution in [0, 0.1) is 0 Å². The molecule has 0 aliphatic carbocycles. The third kappa shape index (κ3) is 4.16. The van der Waals surface area contributed by atoms with Crippen LogP contribution in [0.5, 0.6) is 5.75 Å². The van der Waals surface area contributed by atoms with E-state index >= 15 is 0 Å². The van der Waals surface area contributed by atoms with Gasteiger partial charge in [-0.3, -0.25) is 4.98 Å². The second kappa shape index (κ2) is 5.96. The summed E-state index contributed by atoms with van der Waals surface area (Å²) >= 11 is 0. The van der Waals surface area contributed by atoms with Crippen molar-refractivity contribution in [2.45, 2.75) is 17.2 Å². The molecule has 24 heavy (non-hydrogen) atoms. The van der Waals surface area contributed by atoms with Crippen molar-refractivity contribution in [3.05, 3.63) is 53.9 Å². The molecule has 130 valence electrons. The summed E-state index contributed by atoms with van der Waals surface area (Å²) in [4.78, 5) is 2.26. The zero-order chi connectivity index (χ0) is 18.2. The predicted molar refractivity (Wildman–Crippen MR) is 68.5 cm³/mol. The number of pyridine rings is 1. The lowest BCUT2D eigenvalue weighted by atomic mass is 10.1. The molecule has 0 radical (unpaired) electrons. The maximum atomic E-state index is 12.7. The fourth-order valence-electron chi connectivity index (χ4n) is 1.64. The van der Waals surface area contributed by atoms with Gasteiger partial charge in [0.2, 0.25) is 0 Å². The Morgan fingerprint density at radius 1 is 0.917 bits per heavy atom. The van der Waals surface area contributed by atoms with Crippen LogP contribution in [0.3, 0.4) is 0 Å². The van der Waals surface area contributed by atoms with Gasteiger partial charge in [-0.05, 0) is 30.3 Å². The second-order valence-corrected chi connectivity index (χ2v) is 6.01. The first-order chi connectivity index (χ1) is 10.9. The number of hydrogen-bond acceptors (Lipinski definition) is 4. The Morgan fingerprint density at radius 3 is 1.88 bits per heavy atom. The largest absolute Gasteiger partial charge is 0.416 e. The van der Waals surface area contributed by atoms with E-state index in [2.05, 4.69) is 9.17 Å². The average molecular weight is 371 g/mol. The molecule has 1 heterocycles. The second-order valence-electron chi connectivity index (χ2n) is 4.47. The molecule has 2 aromatic rings. The fraction of sp³-hybridized carbons (Fsp3) is 0.154.